The monoisotopic (exact) mass is 426 g/mol. The number of carbonyl (C=O) groups is 2. The molecule has 1 unspecified atom stereocenters. The lowest BCUT2D eigenvalue weighted by Crippen LogP contribution is -2.28. The first kappa shape index (κ1) is 21.9. The average Bonchev–Trinajstić information content (AvgIpc) is 3.02. The van der Waals surface area contributed by atoms with Gasteiger partial charge in [-0.1, -0.05) is 38.3 Å². The maximum absolute atomic E-state index is 13.4. The second-order valence-electron chi connectivity index (χ2n) is 7.49. The summed E-state index contributed by atoms with van der Waals surface area (Å²) in [6.45, 7) is 5.98. The highest BCUT2D eigenvalue weighted by Crippen LogP contribution is 2.39. The van der Waals surface area contributed by atoms with Gasteiger partial charge in [-0.15, -0.1) is 0 Å². The second-order valence-corrected chi connectivity index (χ2v) is 7.92. The Labute approximate surface area is 181 Å². The number of hydrogen-bond acceptors (Lipinski definition) is 3. The first-order valence-corrected chi connectivity index (χ1v) is 10.5. The van der Waals surface area contributed by atoms with Crippen LogP contribution in [-0.4, -0.2) is 23.5 Å². The molecule has 1 atom stereocenters. The molecule has 3 aromatic rings. The Morgan fingerprint density at radius 1 is 1.10 bits per heavy atom. The molecule has 30 heavy (non-hydrogen) atoms. The van der Waals surface area contributed by atoms with Gasteiger partial charge in [-0.05, 0) is 60.9 Å². The van der Waals surface area contributed by atoms with Gasteiger partial charge in [0.15, 0.2) is 0 Å². The second kappa shape index (κ2) is 8.92. The predicted octanol–water partition coefficient (Wildman–Crippen LogP) is 5.31. The van der Waals surface area contributed by atoms with Crippen LogP contribution >= 0.6 is 11.6 Å². The van der Waals surface area contributed by atoms with E-state index in [1.54, 1.807) is 35.9 Å². The summed E-state index contributed by atoms with van der Waals surface area (Å²) in [5, 5.41) is 1.37. The van der Waals surface area contributed by atoms with Crippen LogP contribution in [0.5, 0.6) is 5.75 Å². The first-order valence-electron chi connectivity index (χ1n) is 10.1. The number of rotatable bonds is 7. The number of fused-ring (bicyclic) bond motifs is 1. The first-order chi connectivity index (χ1) is 14.3. The fourth-order valence-corrected chi connectivity index (χ4v) is 4.42. The molecular weight excluding hydrogens is 400 g/mol. The Balaban J connectivity index is 2.32. The van der Waals surface area contributed by atoms with Crippen molar-refractivity contribution < 1.29 is 14.3 Å². The highest BCUT2D eigenvalue weighted by Gasteiger charge is 2.32. The summed E-state index contributed by atoms with van der Waals surface area (Å²) in [4.78, 5) is 26.0. The summed E-state index contributed by atoms with van der Waals surface area (Å²) >= 11 is 5.99. The lowest BCUT2D eigenvalue weighted by molar-refractivity contribution is -0.120. The Morgan fingerprint density at radius 3 is 2.27 bits per heavy atom. The van der Waals surface area contributed by atoms with Crippen LogP contribution in [0.2, 0.25) is 5.02 Å². The van der Waals surface area contributed by atoms with E-state index >= 15 is 0 Å². The van der Waals surface area contributed by atoms with Crippen molar-refractivity contribution in [1.82, 2.24) is 4.57 Å². The molecule has 3 rings (SSSR count). The fraction of sp³-hybridized carbons (Fsp3) is 0.333. The predicted molar refractivity (Wildman–Crippen MR) is 120 cm³/mol. The Morgan fingerprint density at radius 2 is 1.73 bits per heavy atom. The van der Waals surface area contributed by atoms with E-state index in [0.717, 1.165) is 29.3 Å². The zero-order valence-corrected chi connectivity index (χ0v) is 18.5. The van der Waals surface area contributed by atoms with Crippen molar-refractivity contribution in [2.45, 2.75) is 39.5 Å². The molecule has 0 aliphatic carbocycles. The van der Waals surface area contributed by atoms with Crippen molar-refractivity contribution in [3.63, 3.8) is 0 Å². The number of carbonyl (C=O) groups excluding carboxylic acids is 2. The average molecular weight is 427 g/mol. The van der Waals surface area contributed by atoms with E-state index in [2.05, 4.69) is 13.8 Å². The number of benzene rings is 2. The van der Waals surface area contributed by atoms with Crippen molar-refractivity contribution in [1.29, 1.82) is 0 Å². The number of hydrogen-bond donors (Lipinski definition) is 1. The molecule has 1 amide bonds. The quantitative estimate of drug-likeness (QED) is 0.556. The standard InChI is InChI=1S/C24H27ClN2O3/c1-5-15(6-2)22(23(26)28)21-14(3)27(20-12-11-18(30-4)13-19(20)21)24(29)16-7-9-17(25)10-8-16/h7-13,15,22H,5-6H2,1-4H3,(H2,26,28). The molecule has 0 saturated carbocycles. The zero-order chi connectivity index (χ0) is 22.0. The third-order valence-corrected chi connectivity index (χ3v) is 6.14. The maximum Gasteiger partial charge on any atom is 0.262 e. The number of amides is 1. The van der Waals surface area contributed by atoms with Gasteiger partial charge in [0.2, 0.25) is 5.91 Å². The third kappa shape index (κ3) is 3.82. The Bertz CT molecular complexity index is 1080. The van der Waals surface area contributed by atoms with Gasteiger partial charge in [0.1, 0.15) is 5.75 Å². The minimum absolute atomic E-state index is 0.0806. The van der Waals surface area contributed by atoms with Crippen molar-refractivity contribution in [3.05, 3.63) is 64.3 Å². The maximum atomic E-state index is 13.4. The topological polar surface area (TPSA) is 74.3 Å². The molecule has 2 N–H and O–H groups in total. The summed E-state index contributed by atoms with van der Waals surface area (Å²) in [6, 6.07) is 12.3. The van der Waals surface area contributed by atoms with E-state index in [9.17, 15) is 9.59 Å². The normalized spacial score (nSPS) is 12.3. The third-order valence-electron chi connectivity index (χ3n) is 5.89. The molecule has 1 aromatic heterocycles. The minimum Gasteiger partial charge on any atom is -0.497 e. The summed E-state index contributed by atoms with van der Waals surface area (Å²) in [5.41, 5.74) is 8.64. The number of halogens is 1. The Hall–Kier alpha value is -2.79. The van der Waals surface area contributed by atoms with Crippen LogP contribution in [-0.2, 0) is 4.79 Å². The van der Waals surface area contributed by atoms with E-state index in [0.29, 0.717) is 22.0 Å². The van der Waals surface area contributed by atoms with Crippen LogP contribution in [0.1, 0.15) is 54.2 Å². The van der Waals surface area contributed by atoms with Gasteiger partial charge in [0, 0.05) is 21.7 Å². The van der Waals surface area contributed by atoms with Crippen LogP contribution in [0.25, 0.3) is 10.9 Å². The molecule has 1 heterocycles. The fourth-order valence-electron chi connectivity index (χ4n) is 4.30. The molecule has 0 spiro atoms. The summed E-state index contributed by atoms with van der Waals surface area (Å²) in [6.07, 6.45) is 1.62. The van der Waals surface area contributed by atoms with E-state index in [1.807, 2.05) is 25.1 Å². The zero-order valence-electron chi connectivity index (χ0n) is 17.7. The van der Waals surface area contributed by atoms with E-state index in [1.165, 1.54) is 0 Å². The van der Waals surface area contributed by atoms with Gasteiger partial charge in [-0.25, -0.2) is 0 Å². The van der Waals surface area contributed by atoms with Crippen LogP contribution in [0.4, 0.5) is 0 Å². The molecule has 158 valence electrons. The van der Waals surface area contributed by atoms with Crippen LogP contribution in [0.3, 0.4) is 0 Å². The van der Waals surface area contributed by atoms with Crippen LogP contribution in [0, 0.1) is 12.8 Å². The van der Waals surface area contributed by atoms with E-state index < -0.39 is 5.92 Å². The van der Waals surface area contributed by atoms with E-state index in [-0.39, 0.29) is 17.7 Å². The van der Waals surface area contributed by atoms with E-state index in [4.69, 9.17) is 22.1 Å². The molecule has 6 heteroatoms. The molecular formula is C24H27ClN2O3. The summed E-state index contributed by atoms with van der Waals surface area (Å²) in [5.74, 6) is -0.315. The van der Waals surface area contributed by atoms with Gasteiger partial charge < -0.3 is 10.5 Å². The van der Waals surface area contributed by atoms with Crippen molar-refractivity contribution in [3.8, 4) is 5.75 Å². The van der Waals surface area contributed by atoms with Gasteiger partial charge >= 0.3 is 0 Å². The van der Waals surface area contributed by atoms with Crippen molar-refractivity contribution in [2.75, 3.05) is 7.11 Å². The largest absolute Gasteiger partial charge is 0.497 e. The Kier molecular flexibility index (Phi) is 6.52. The van der Waals surface area contributed by atoms with Crippen LogP contribution in [0.15, 0.2) is 42.5 Å². The SMILES string of the molecule is CCC(CC)C(C(N)=O)c1c(C)n(C(=O)c2ccc(Cl)cc2)c2ccc(OC)cc12. The highest BCUT2D eigenvalue weighted by atomic mass is 35.5. The van der Waals surface area contributed by atoms with Crippen molar-refractivity contribution in [2.24, 2.45) is 11.7 Å². The summed E-state index contributed by atoms with van der Waals surface area (Å²) in [7, 11) is 1.59. The number of ether oxygens (including phenoxy) is 1. The molecule has 2 aromatic carbocycles. The van der Waals surface area contributed by atoms with Gasteiger partial charge in [-0.3, -0.25) is 14.2 Å². The number of nitrogens with two attached hydrogens (primary N) is 1. The number of aromatic nitrogens is 1. The smallest absolute Gasteiger partial charge is 0.262 e. The molecule has 5 nitrogen and oxygen atoms in total. The molecule has 0 aliphatic rings. The van der Waals surface area contributed by atoms with Crippen LogP contribution < -0.4 is 10.5 Å². The van der Waals surface area contributed by atoms with Gasteiger partial charge in [0.05, 0.1) is 18.5 Å². The number of nitrogens with zero attached hydrogens (tertiary/aromatic N) is 1. The van der Waals surface area contributed by atoms with Gasteiger partial charge in [-0.2, -0.15) is 0 Å². The molecule has 0 bridgehead atoms. The number of methoxy groups -OCH3 is 1. The molecule has 0 radical (unpaired) electrons. The highest BCUT2D eigenvalue weighted by molar-refractivity contribution is 6.30. The van der Waals surface area contributed by atoms with Crippen molar-refractivity contribution >= 4 is 34.3 Å². The molecule has 0 aliphatic heterocycles. The molecule has 0 fully saturated rings. The minimum atomic E-state index is -0.492. The van der Waals surface area contributed by atoms with Gasteiger partial charge in [0.25, 0.3) is 5.91 Å². The number of primary amides is 1. The molecule has 0 saturated heterocycles. The lowest BCUT2D eigenvalue weighted by Gasteiger charge is -2.23. The lowest BCUT2D eigenvalue weighted by atomic mass is 9.81. The summed E-state index contributed by atoms with van der Waals surface area (Å²) < 4.78 is 7.07.